The van der Waals surface area contributed by atoms with Gasteiger partial charge in [-0.25, -0.2) is 0 Å². The number of benzene rings is 4. The SMILES string of the molecule is CC.CC.CCC.c1ccc2ccccc2c1.c1ccc2ccccc2c1. The van der Waals surface area contributed by atoms with E-state index in [1.54, 1.807) is 0 Å². The van der Waals surface area contributed by atoms with Crippen LogP contribution in [0.15, 0.2) is 97.1 Å². The largest absolute Gasteiger partial charge is 0.0683 e. The molecule has 0 saturated heterocycles. The van der Waals surface area contributed by atoms with Crippen LogP contribution in [-0.4, -0.2) is 0 Å². The zero-order valence-electron chi connectivity index (χ0n) is 17.9. The number of rotatable bonds is 0. The summed E-state index contributed by atoms with van der Waals surface area (Å²) in [4.78, 5) is 0. The molecule has 0 bridgehead atoms. The molecule has 0 aromatic heterocycles. The maximum absolute atomic E-state index is 2.12. The Balaban J connectivity index is 0.000000379. The van der Waals surface area contributed by atoms with E-state index in [2.05, 4.69) is 111 Å². The first kappa shape index (κ1) is 24.4. The van der Waals surface area contributed by atoms with Gasteiger partial charge in [-0.15, -0.1) is 0 Å². The molecular weight excluding hydrogens is 324 g/mol. The summed E-state index contributed by atoms with van der Waals surface area (Å²) in [5.41, 5.74) is 0. The van der Waals surface area contributed by atoms with Crippen molar-refractivity contribution < 1.29 is 0 Å². The Morgan fingerprint density at radius 1 is 0.370 bits per heavy atom. The van der Waals surface area contributed by atoms with Gasteiger partial charge in [-0.05, 0) is 21.5 Å². The van der Waals surface area contributed by atoms with Crippen LogP contribution in [0.3, 0.4) is 0 Å². The predicted octanol–water partition coefficient (Wildman–Crippen LogP) is 9.15. The Morgan fingerprint density at radius 3 is 0.593 bits per heavy atom. The molecule has 0 aliphatic rings. The number of hydrogen-bond acceptors (Lipinski definition) is 0. The van der Waals surface area contributed by atoms with E-state index in [0.717, 1.165) is 0 Å². The van der Waals surface area contributed by atoms with E-state index >= 15 is 0 Å². The molecule has 0 amide bonds. The van der Waals surface area contributed by atoms with Crippen molar-refractivity contribution in [1.82, 2.24) is 0 Å². The average molecular weight is 361 g/mol. The van der Waals surface area contributed by atoms with E-state index in [9.17, 15) is 0 Å². The molecule has 0 heteroatoms. The highest BCUT2D eigenvalue weighted by molar-refractivity contribution is 5.82. The van der Waals surface area contributed by atoms with Crippen LogP contribution in [0, 0.1) is 0 Å². The second-order valence-electron chi connectivity index (χ2n) is 5.40. The van der Waals surface area contributed by atoms with Gasteiger partial charge in [0.05, 0.1) is 0 Å². The third-order valence-corrected chi connectivity index (χ3v) is 3.32. The summed E-state index contributed by atoms with van der Waals surface area (Å²) in [7, 11) is 0. The van der Waals surface area contributed by atoms with E-state index in [-0.39, 0.29) is 0 Å². The maximum atomic E-state index is 2.12. The van der Waals surface area contributed by atoms with Crippen molar-refractivity contribution in [3.63, 3.8) is 0 Å². The molecule has 4 rings (SSSR count). The molecule has 0 fully saturated rings. The van der Waals surface area contributed by atoms with E-state index < -0.39 is 0 Å². The summed E-state index contributed by atoms with van der Waals surface area (Å²) in [5.74, 6) is 0. The quantitative estimate of drug-likeness (QED) is 0.293. The summed E-state index contributed by atoms with van der Waals surface area (Å²) < 4.78 is 0. The minimum absolute atomic E-state index is 1.25. The lowest BCUT2D eigenvalue weighted by Crippen LogP contribution is -1.67. The highest BCUT2D eigenvalue weighted by atomic mass is 13.9. The summed E-state index contributed by atoms with van der Waals surface area (Å²) in [6, 6.07) is 33.4. The maximum Gasteiger partial charge on any atom is -0.0184 e. The first-order valence-electron chi connectivity index (χ1n) is 10.2. The Kier molecular flexibility index (Phi) is 15.2. The van der Waals surface area contributed by atoms with Crippen molar-refractivity contribution in [3.05, 3.63) is 97.1 Å². The van der Waals surface area contributed by atoms with Crippen LogP contribution in [0.2, 0.25) is 0 Å². The van der Waals surface area contributed by atoms with Crippen LogP contribution in [0.25, 0.3) is 21.5 Å². The lowest BCUT2D eigenvalue weighted by molar-refractivity contribution is 1.09. The third kappa shape index (κ3) is 9.61. The molecule has 0 nitrogen and oxygen atoms in total. The van der Waals surface area contributed by atoms with Gasteiger partial charge in [0, 0.05) is 0 Å². The second kappa shape index (κ2) is 16.8. The monoisotopic (exact) mass is 360 g/mol. The van der Waals surface area contributed by atoms with Gasteiger partial charge in [0.15, 0.2) is 0 Å². The normalized spacial score (nSPS) is 8.52. The first-order valence-corrected chi connectivity index (χ1v) is 10.2. The highest BCUT2D eigenvalue weighted by Gasteiger charge is 1.86. The van der Waals surface area contributed by atoms with Gasteiger partial charge in [-0.3, -0.25) is 0 Å². The van der Waals surface area contributed by atoms with Crippen molar-refractivity contribution in [2.45, 2.75) is 48.0 Å². The lowest BCUT2D eigenvalue weighted by Gasteiger charge is -1.92. The van der Waals surface area contributed by atoms with Crippen LogP contribution >= 0.6 is 0 Å². The molecule has 0 heterocycles. The van der Waals surface area contributed by atoms with Gasteiger partial charge in [0.25, 0.3) is 0 Å². The topological polar surface area (TPSA) is 0 Å². The first-order chi connectivity index (χ1) is 13.3. The van der Waals surface area contributed by atoms with Crippen LogP contribution in [0.4, 0.5) is 0 Å². The van der Waals surface area contributed by atoms with Crippen molar-refractivity contribution in [2.24, 2.45) is 0 Å². The van der Waals surface area contributed by atoms with Crippen LogP contribution in [-0.2, 0) is 0 Å². The van der Waals surface area contributed by atoms with Crippen molar-refractivity contribution in [2.75, 3.05) is 0 Å². The summed E-state index contributed by atoms with van der Waals surface area (Å²) in [5, 5.41) is 5.24. The molecule has 0 unspecified atom stereocenters. The lowest BCUT2D eigenvalue weighted by atomic mass is 10.1. The van der Waals surface area contributed by atoms with Gasteiger partial charge in [0.2, 0.25) is 0 Å². The van der Waals surface area contributed by atoms with Gasteiger partial charge in [-0.2, -0.15) is 0 Å². The molecule has 0 spiro atoms. The zero-order valence-corrected chi connectivity index (χ0v) is 17.9. The van der Waals surface area contributed by atoms with E-state index in [1.807, 2.05) is 27.7 Å². The second-order valence-corrected chi connectivity index (χ2v) is 5.40. The molecule has 0 aliphatic heterocycles. The minimum atomic E-state index is 1.25. The Morgan fingerprint density at radius 2 is 0.481 bits per heavy atom. The van der Waals surface area contributed by atoms with Crippen molar-refractivity contribution in [3.8, 4) is 0 Å². The number of fused-ring (bicyclic) bond motifs is 2. The van der Waals surface area contributed by atoms with Gasteiger partial charge in [-0.1, -0.05) is 145 Å². The van der Waals surface area contributed by atoms with Crippen molar-refractivity contribution in [1.29, 1.82) is 0 Å². The van der Waals surface area contributed by atoms with Gasteiger partial charge < -0.3 is 0 Å². The fourth-order valence-corrected chi connectivity index (χ4v) is 2.27. The molecule has 0 N–H and O–H groups in total. The van der Waals surface area contributed by atoms with Gasteiger partial charge in [0.1, 0.15) is 0 Å². The summed E-state index contributed by atoms with van der Waals surface area (Å²) in [6.07, 6.45) is 1.25. The zero-order chi connectivity index (χ0) is 20.3. The molecule has 4 aromatic carbocycles. The molecule has 0 radical (unpaired) electrons. The molecule has 27 heavy (non-hydrogen) atoms. The van der Waals surface area contributed by atoms with Crippen LogP contribution < -0.4 is 0 Å². The third-order valence-electron chi connectivity index (χ3n) is 3.32. The van der Waals surface area contributed by atoms with E-state index in [0.29, 0.717) is 0 Å². The Hall–Kier alpha value is -2.60. The molecule has 144 valence electrons. The van der Waals surface area contributed by atoms with Gasteiger partial charge >= 0.3 is 0 Å². The van der Waals surface area contributed by atoms with E-state index in [1.165, 1.54) is 28.0 Å². The fourth-order valence-electron chi connectivity index (χ4n) is 2.27. The standard InChI is InChI=1S/2C10H8.C3H8.2C2H6/c2*1-2-6-10-8-4-3-7-9(10)5-1;1-3-2;2*1-2/h2*1-8H;3H2,1-2H3;2*1-2H3. The fraction of sp³-hybridized carbons (Fsp3) is 0.259. The average Bonchev–Trinajstić information content (AvgIpc) is 2.78. The Bertz CT molecular complexity index is 628. The van der Waals surface area contributed by atoms with Crippen LogP contribution in [0.5, 0.6) is 0 Å². The van der Waals surface area contributed by atoms with Crippen molar-refractivity contribution >= 4 is 21.5 Å². The summed E-state index contributed by atoms with van der Waals surface area (Å²) in [6.45, 7) is 12.2. The molecule has 0 atom stereocenters. The molecule has 0 aliphatic carbocycles. The van der Waals surface area contributed by atoms with E-state index in [4.69, 9.17) is 0 Å². The van der Waals surface area contributed by atoms with Crippen LogP contribution in [0.1, 0.15) is 48.0 Å². The smallest absolute Gasteiger partial charge is 0.0184 e. The predicted molar refractivity (Wildman–Crippen MR) is 127 cm³/mol. The molecule has 0 saturated carbocycles. The number of hydrogen-bond donors (Lipinski definition) is 0. The molecule has 4 aromatic rings. The summed E-state index contributed by atoms with van der Waals surface area (Å²) >= 11 is 0. The Labute approximate surface area is 166 Å². The molecular formula is C27H36. The minimum Gasteiger partial charge on any atom is -0.0683 e. The highest BCUT2D eigenvalue weighted by Crippen LogP contribution is 2.11.